The Hall–Kier alpha value is -3.59. The van der Waals surface area contributed by atoms with Crippen LogP contribution in [-0.2, 0) is 11.3 Å². The fourth-order valence-corrected chi connectivity index (χ4v) is 3.38. The van der Waals surface area contributed by atoms with Gasteiger partial charge in [-0.3, -0.25) is 4.79 Å². The molecule has 4 rings (SSSR count). The van der Waals surface area contributed by atoms with Crippen LogP contribution in [0.15, 0.2) is 59.4 Å². The van der Waals surface area contributed by atoms with Crippen molar-refractivity contribution in [2.24, 2.45) is 0 Å². The second kappa shape index (κ2) is 7.80. The third-order valence-corrected chi connectivity index (χ3v) is 4.76. The number of fused-ring (bicyclic) bond motifs is 1. The molecule has 0 radical (unpaired) electrons. The summed E-state index contributed by atoms with van der Waals surface area (Å²) in [5.74, 6) is 0.102. The van der Waals surface area contributed by atoms with Gasteiger partial charge in [0, 0.05) is 11.8 Å². The lowest BCUT2D eigenvalue weighted by atomic mass is 10.2. The predicted molar refractivity (Wildman–Crippen MR) is 104 cm³/mol. The van der Waals surface area contributed by atoms with E-state index in [-0.39, 0.29) is 18.0 Å². The molecule has 146 valence electrons. The van der Waals surface area contributed by atoms with Crippen LogP contribution in [-0.4, -0.2) is 20.6 Å². The highest BCUT2D eigenvalue weighted by Gasteiger charge is 2.12. The summed E-state index contributed by atoms with van der Waals surface area (Å²) in [7, 11) is 0. The first-order valence-corrected chi connectivity index (χ1v) is 9.36. The molecule has 0 saturated heterocycles. The van der Waals surface area contributed by atoms with Gasteiger partial charge >= 0.3 is 5.97 Å². The molecule has 0 N–H and O–H groups in total. The van der Waals surface area contributed by atoms with Gasteiger partial charge in [-0.1, -0.05) is 11.3 Å². The summed E-state index contributed by atoms with van der Waals surface area (Å²) in [6.07, 6.45) is 0. The van der Waals surface area contributed by atoms with Crippen molar-refractivity contribution in [3.63, 3.8) is 0 Å². The number of aryl methyl sites for hydroxylation is 1. The van der Waals surface area contributed by atoms with Gasteiger partial charge in [-0.05, 0) is 55.5 Å². The highest BCUT2D eigenvalue weighted by molar-refractivity contribution is 7.16. The number of carbonyl (C=O) groups excluding carboxylic acids is 1. The first-order valence-electron chi connectivity index (χ1n) is 8.55. The van der Waals surface area contributed by atoms with E-state index in [9.17, 15) is 14.0 Å². The molecule has 0 spiro atoms. The smallest absolute Gasteiger partial charge is 0.338 e. The van der Waals surface area contributed by atoms with E-state index in [2.05, 4.69) is 10.1 Å². The van der Waals surface area contributed by atoms with Gasteiger partial charge in [-0.15, -0.1) is 0 Å². The molecular formula is C20H14FN3O4S. The predicted octanol–water partition coefficient (Wildman–Crippen LogP) is 3.75. The van der Waals surface area contributed by atoms with Crippen molar-refractivity contribution >= 4 is 22.3 Å². The number of esters is 1. The molecule has 0 fully saturated rings. The SMILES string of the molecule is Cc1cc(=O)n2nc(COC(=O)c3ccc(Oc4ccc(F)cc4)cc3)sc2n1. The molecule has 2 aromatic heterocycles. The third kappa shape index (κ3) is 4.30. The van der Waals surface area contributed by atoms with Crippen LogP contribution in [0.5, 0.6) is 11.5 Å². The van der Waals surface area contributed by atoms with Gasteiger partial charge in [0.25, 0.3) is 5.56 Å². The highest BCUT2D eigenvalue weighted by Crippen LogP contribution is 2.22. The Labute approximate surface area is 168 Å². The highest BCUT2D eigenvalue weighted by atomic mass is 32.1. The zero-order chi connectivity index (χ0) is 20.4. The van der Waals surface area contributed by atoms with Gasteiger partial charge in [-0.25, -0.2) is 14.2 Å². The van der Waals surface area contributed by atoms with Crippen LogP contribution >= 0.6 is 11.3 Å². The van der Waals surface area contributed by atoms with E-state index in [1.807, 2.05) is 0 Å². The number of benzene rings is 2. The Morgan fingerprint density at radius 1 is 1.10 bits per heavy atom. The minimum atomic E-state index is -0.533. The van der Waals surface area contributed by atoms with Crippen LogP contribution in [0, 0.1) is 12.7 Å². The van der Waals surface area contributed by atoms with E-state index < -0.39 is 5.97 Å². The van der Waals surface area contributed by atoms with E-state index in [0.717, 1.165) is 0 Å². The van der Waals surface area contributed by atoms with E-state index in [1.54, 1.807) is 31.2 Å². The Bertz CT molecular complexity index is 1230. The molecule has 29 heavy (non-hydrogen) atoms. The first-order chi connectivity index (χ1) is 14.0. The lowest BCUT2D eigenvalue weighted by Crippen LogP contribution is -2.14. The number of hydrogen-bond acceptors (Lipinski definition) is 7. The summed E-state index contributed by atoms with van der Waals surface area (Å²) < 4.78 is 25.0. The topological polar surface area (TPSA) is 82.8 Å². The summed E-state index contributed by atoms with van der Waals surface area (Å²) >= 11 is 1.18. The maximum Gasteiger partial charge on any atom is 0.338 e. The van der Waals surface area contributed by atoms with Gasteiger partial charge in [0.1, 0.15) is 23.9 Å². The summed E-state index contributed by atoms with van der Waals surface area (Å²) in [6, 6.07) is 13.4. The van der Waals surface area contributed by atoms with Crippen molar-refractivity contribution in [1.29, 1.82) is 0 Å². The average Bonchev–Trinajstić information content (AvgIpc) is 3.12. The van der Waals surface area contributed by atoms with Crippen molar-refractivity contribution < 1.29 is 18.7 Å². The van der Waals surface area contributed by atoms with Gasteiger partial charge < -0.3 is 9.47 Å². The molecule has 7 nitrogen and oxygen atoms in total. The molecule has 4 aromatic rings. The summed E-state index contributed by atoms with van der Waals surface area (Å²) in [5.41, 5.74) is 0.659. The Morgan fingerprint density at radius 3 is 2.45 bits per heavy atom. The first kappa shape index (κ1) is 18.8. The zero-order valence-corrected chi connectivity index (χ0v) is 16.0. The minimum Gasteiger partial charge on any atom is -0.457 e. The van der Waals surface area contributed by atoms with Crippen molar-refractivity contribution in [1.82, 2.24) is 14.6 Å². The third-order valence-electron chi connectivity index (χ3n) is 3.88. The van der Waals surface area contributed by atoms with E-state index >= 15 is 0 Å². The van der Waals surface area contributed by atoms with E-state index in [0.29, 0.717) is 32.7 Å². The number of rotatable bonds is 5. The maximum absolute atomic E-state index is 12.9. The van der Waals surface area contributed by atoms with Crippen LogP contribution in [0.2, 0.25) is 0 Å². The van der Waals surface area contributed by atoms with E-state index in [1.165, 1.54) is 46.2 Å². The largest absolute Gasteiger partial charge is 0.457 e. The monoisotopic (exact) mass is 411 g/mol. The second-order valence-electron chi connectivity index (χ2n) is 6.08. The normalized spacial score (nSPS) is 10.8. The number of hydrogen-bond donors (Lipinski definition) is 0. The van der Waals surface area contributed by atoms with Crippen LogP contribution in [0.1, 0.15) is 21.1 Å². The second-order valence-corrected chi connectivity index (χ2v) is 7.12. The number of halogens is 1. The van der Waals surface area contributed by atoms with Crippen molar-refractivity contribution in [3.8, 4) is 11.5 Å². The standard InChI is InChI=1S/C20H14FN3O4S/c1-12-10-18(25)24-20(22-12)29-17(23-24)11-27-19(26)13-2-6-15(7-3-13)28-16-8-4-14(21)5-9-16/h2-10H,11H2,1H3. The van der Waals surface area contributed by atoms with Gasteiger partial charge in [0.2, 0.25) is 4.96 Å². The molecule has 0 aliphatic rings. The quantitative estimate of drug-likeness (QED) is 0.465. The van der Waals surface area contributed by atoms with Gasteiger partial charge in [0.05, 0.1) is 5.56 Å². The molecule has 0 aliphatic heterocycles. The number of ether oxygens (including phenoxy) is 2. The van der Waals surface area contributed by atoms with Crippen LogP contribution in [0.25, 0.3) is 4.96 Å². The molecule has 0 aliphatic carbocycles. The lowest BCUT2D eigenvalue weighted by molar-refractivity contribution is 0.0471. The maximum atomic E-state index is 12.9. The minimum absolute atomic E-state index is 0.0703. The Morgan fingerprint density at radius 2 is 1.76 bits per heavy atom. The fourth-order valence-electron chi connectivity index (χ4n) is 2.53. The molecule has 2 aromatic carbocycles. The summed E-state index contributed by atoms with van der Waals surface area (Å²) in [5, 5.41) is 4.59. The molecule has 9 heteroatoms. The van der Waals surface area contributed by atoms with Gasteiger partial charge in [-0.2, -0.15) is 9.61 Å². The molecular weight excluding hydrogens is 397 g/mol. The van der Waals surface area contributed by atoms with Crippen LogP contribution < -0.4 is 10.3 Å². The van der Waals surface area contributed by atoms with Crippen molar-refractivity contribution in [3.05, 3.63) is 87.0 Å². The molecule has 0 amide bonds. The molecule has 0 saturated carbocycles. The Balaban J connectivity index is 1.40. The fraction of sp³-hybridized carbons (Fsp3) is 0.100. The number of aromatic nitrogens is 3. The summed E-state index contributed by atoms with van der Waals surface area (Å²) in [6.45, 7) is 1.66. The zero-order valence-electron chi connectivity index (χ0n) is 15.2. The van der Waals surface area contributed by atoms with Gasteiger partial charge in [0.15, 0.2) is 5.01 Å². The van der Waals surface area contributed by atoms with Crippen LogP contribution in [0.3, 0.4) is 0 Å². The van der Waals surface area contributed by atoms with Crippen LogP contribution in [0.4, 0.5) is 4.39 Å². The summed E-state index contributed by atoms with van der Waals surface area (Å²) in [4.78, 5) is 28.8. The number of carbonyl (C=O) groups is 1. The average molecular weight is 411 g/mol. The lowest BCUT2D eigenvalue weighted by Gasteiger charge is -2.07. The molecule has 2 heterocycles. The van der Waals surface area contributed by atoms with E-state index in [4.69, 9.17) is 9.47 Å². The molecule has 0 unspecified atom stereocenters. The van der Waals surface area contributed by atoms with Crippen molar-refractivity contribution in [2.45, 2.75) is 13.5 Å². The molecule has 0 bridgehead atoms. The molecule has 0 atom stereocenters. The van der Waals surface area contributed by atoms with Crippen molar-refractivity contribution in [2.75, 3.05) is 0 Å². The number of nitrogens with zero attached hydrogens (tertiary/aromatic N) is 3. The Kier molecular flexibility index (Phi) is 5.05.